The Hall–Kier alpha value is -5.12. The summed E-state index contributed by atoms with van der Waals surface area (Å²) in [6.45, 7) is 14.5. The minimum atomic E-state index is -2.07. The van der Waals surface area contributed by atoms with E-state index in [1.807, 2.05) is 20.6 Å². The van der Waals surface area contributed by atoms with Crippen molar-refractivity contribution in [3.05, 3.63) is 110 Å². The Morgan fingerprint density at radius 3 is 1.36 bits per heavy atom. The lowest BCUT2D eigenvalue weighted by Crippen LogP contribution is -2.07. The first-order valence-electron chi connectivity index (χ1n) is 12.0. The van der Waals surface area contributed by atoms with Gasteiger partial charge in [-0.25, -0.2) is 4.79 Å². The Kier molecular flexibility index (Phi) is 14.6. The average molecular weight is 587 g/mol. The van der Waals surface area contributed by atoms with Crippen LogP contribution in [-0.2, 0) is 9.59 Å². The van der Waals surface area contributed by atoms with Crippen LogP contribution in [0.4, 0.5) is 17.6 Å². The summed E-state index contributed by atoms with van der Waals surface area (Å²) in [5.41, 5.74) is 2.91. The van der Waals surface area contributed by atoms with Crippen molar-refractivity contribution in [1.82, 2.24) is 0 Å². The van der Waals surface area contributed by atoms with Crippen LogP contribution in [0.25, 0.3) is 22.3 Å². The fourth-order valence-corrected chi connectivity index (χ4v) is 3.09. The molecule has 0 atom stereocenters. The van der Waals surface area contributed by atoms with Crippen LogP contribution in [0.15, 0.2) is 110 Å². The molecule has 6 nitrogen and oxygen atoms in total. The maximum absolute atomic E-state index is 12.8. The molecule has 0 aliphatic rings. The van der Waals surface area contributed by atoms with Crippen LogP contribution in [0, 0.1) is 0 Å². The summed E-state index contributed by atoms with van der Waals surface area (Å²) in [4.78, 5) is 19.7. The molecule has 10 heteroatoms. The highest BCUT2D eigenvalue weighted by atomic mass is 19.3. The van der Waals surface area contributed by atoms with Crippen LogP contribution < -0.4 is 18.9 Å². The summed E-state index contributed by atoms with van der Waals surface area (Å²) in [6, 6.07) is 15.4. The quantitative estimate of drug-likeness (QED) is 0.0622. The second kappa shape index (κ2) is 17.5. The lowest BCUT2D eigenvalue weighted by atomic mass is 9.97. The molecule has 0 unspecified atom stereocenters. The van der Waals surface area contributed by atoms with Crippen LogP contribution in [-0.4, -0.2) is 19.9 Å². The number of carbonyl (C=O) groups excluding carboxylic acids is 2. The van der Waals surface area contributed by atoms with Gasteiger partial charge in [-0.1, -0.05) is 36.4 Å². The number of rotatable bonds is 9. The topological polar surface area (TPSA) is 71.1 Å². The van der Waals surface area contributed by atoms with Crippen LogP contribution in [0.1, 0.15) is 20.8 Å². The Labute approximate surface area is 241 Å². The first-order valence-corrected chi connectivity index (χ1v) is 12.0. The standard InChI is InChI=1S/C27H20F4O5.C4H8.CH2O/c1-16(2)27(32)36-20-10-6-18(7-11-20)22-13-23(34-14-25(28)29)21(12-24(22)35-15-26(30)31)17-4-8-19(33-3)9-5-17;1-4(2)3;1-2/h4-15H,1H2,2-3H3;1H2,2-3H3;1H2. The summed E-state index contributed by atoms with van der Waals surface area (Å²) < 4.78 is 72.1. The molecular weight excluding hydrogens is 556 g/mol. The lowest BCUT2D eigenvalue weighted by molar-refractivity contribution is -0.130. The molecule has 0 amide bonds. The third-order valence-corrected chi connectivity index (χ3v) is 4.76. The van der Waals surface area contributed by atoms with Gasteiger partial charge in [-0.3, -0.25) is 0 Å². The Morgan fingerprint density at radius 1 is 0.690 bits per heavy atom. The number of hydrogen-bond donors (Lipinski definition) is 0. The molecule has 3 aromatic rings. The summed E-state index contributed by atoms with van der Waals surface area (Å²) in [5, 5.41) is 0. The van der Waals surface area contributed by atoms with E-state index in [1.54, 1.807) is 36.4 Å². The van der Waals surface area contributed by atoms with Crippen molar-refractivity contribution >= 4 is 12.8 Å². The van der Waals surface area contributed by atoms with E-state index in [1.165, 1.54) is 43.9 Å². The number of allylic oxidation sites excluding steroid dienone is 1. The second-order valence-electron chi connectivity index (χ2n) is 8.53. The number of ether oxygens (including phenoxy) is 4. The van der Waals surface area contributed by atoms with Crippen LogP contribution >= 0.6 is 0 Å². The maximum Gasteiger partial charge on any atom is 0.338 e. The smallest absolute Gasteiger partial charge is 0.338 e. The molecule has 0 aliphatic heterocycles. The molecule has 0 radical (unpaired) electrons. The van der Waals surface area contributed by atoms with Crippen LogP contribution in [0.3, 0.4) is 0 Å². The molecule has 0 fully saturated rings. The average Bonchev–Trinajstić information content (AvgIpc) is 2.96. The second-order valence-corrected chi connectivity index (χ2v) is 8.53. The largest absolute Gasteiger partial charge is 0.497 e. The molecule has 3 aromatic carbocycles. The van der Waals surface area contributed by atoms with E-state index in [2.05, 4.69) is 13.2 Å². The zero-order chi connectivity index (χ0) is 31.8. The van der Waals surface area contributed by atoms with Gasteiger partial charge in [0.15, 0.2) is 12.5 Å². The molecule has 0 saturated carbocycles. The van der Waals surface area contributed by atoms with Gasteiger partial charge in [0.05, 0.1) is 7.11 Å². The van der Waals surface area contributed by atoms with Gasteiger partial charge in [0.2, 0.25) is 0 Å². The summed E-state index contributed by atoms with van der Waals surface area (Å²) in [7, 11) is 1.49. The highest BCUT2D eigenvalue weighted by Crippen LogP contribution is 2.42. The first-order chi connectivity index (χ1) is 19.9. The predicted molar refractivity (Wildman–Crippen MR) is 154 cm³/mol. The third-order valence-electron chi connectivity index (χ3n) is 4.76. The van der Waals surface area contributed by atoms with Crippen LogP contribution in [0.5, 0.6) is 23.0 Å². The van der Waals surface area contributed by atoms with E-state index in [0.717, 1.165) is 0 Å². The van der Waals surface area contributed by atoms with Gasteiger partial charge in [-0.2, -0.15) is 17.6 Å². The Morgan fingerprint density at radius 2 is 1.05 bits per heavy atom. The van der Waals surface area contributed by atoms with Crippen molar-refractivity contribution in [3.63, 3.8) is 0 Å². The van der Waals surface area contributed by atoms with Crippen molar-refractivity contribution in [2.75, 3.05) is 7.11 Å². The fraction of sp³-hybridized carbons (Fsp3) is 0.125. The molecule has 42 heavy (non-hydrogen) atoms. The fourth-order valence-electron chi connectivity index (χ4n) is 3.09. The van der Waals surface area contributed by atoms with Crippen molar-refractivity contribution < 1.29 is 46.1 Å². The summed E-state index contributed by atoms with van der Waals surface area (Å²) >= 11 is 0. The normalized spacial score (nSPS) is 9.43. The van der Waals surface area contributed by atoms with Gasteiger partial charge < -0.3 is 23.7 Å². The number of hydrogen-bond acceptors (Lipinski definition) is 6. The molecule has 0 spiro atoms. The molecule has 0 N–H and O–H groups in total. The number of halogens is 4. The molecule has 0 aliphatic carbocycles. The van der Waals surface area contributed by atoms with E-state index in [4.69, 9.17) is 23.7 Å². The summed E-state index contributed by atoms with van der Waals surface area (Å²) in [5.74, 6) is 0.168. The molecule has 0 heterocycles. The predicted octanol–water partition coefficient (Wildman–Crippen LogP) is 9.14. The highest BCUT2D eigenvalue weighted by Gasteiger charge is 2.17. The van der Waals surface area contributed by atoms with Crippen LogP contribution in [0.2, 0.25) is 0 Å². The Bertz CT molecular complexity index is 1420. The van der Waals surface area contributed by atoms with Crippen molar-refractivity contribution in [2.45, 2.75) is 20.8 Å². The monoisotopic (exact) mass is 586 g/mol. The number of benzene rings is 3. The van der Waals surface area contributed by atoms with Crippen molar-refractivity contribution in [3.8, 4) is 45.3 Å². The van der Waals surface area contributed by atoms with Gasteiger partial charge in [0.1, 0.15) is 29.8 Å². The van der Waals surface area contributed by atoms with Gasteiger partial charge in [-0.05, 0) is 68.3 Å². The van der Waals surface area contributed by atoms with Crippen molar-refractivity contribution in [1.29, 1.82) is 0 Å². The zero-order valence-electron chi connectivity index (χ0n) is 23.5. The molecule has 0 aromatic heterocycles. The maximum atomic E-state index is 12.8. The number of esters is 1. The van der Waals surface area contributed by atoms with Crippen molar-refractivity contribution in [2.24, 2.45) is 0 Å². The molecule has 0 saturated heterocycles. The van der Waals surface area contributed by atoms with E-state index in [-0.39, 0.29) is 40.9 Å². The third kappa shape index (κ3) is 11.5. The summed E-state index contributed by atoms with van der Waals surface area (Å²) in [6.07, 6.45) is -3.60. The first kappa shape index (κ1) is 34.9. The molecule has 222 valence electrons. The number of carbonyl (C=O) groups is 2. The molecular formula is C32H30F4O6. The zero-order valence-corrected chi connectivity index (χ0v) is 23.5. The molecule has 0 bridgehead atoms. The van der Waals surface area contributed by atoms with Gasteiger partial charge in [0, 0.05) is 16.7 Å². The molecule has 3 rings (SSSR count). The van der Waals surface area contributed by atoms with E-state index in [0.29, 0.717) is 22.4 Å². The highest BCUT2D eigenvalue weighted by molar-refractivity contribution is 5.89. The minimum absolute atomic E-state index is 0.00245. The van der Waals surface area contributed by atoms with Gasteiger partial charge in [0.25, 0.3) is 0 Å². The minimum Gasteiger partial charge on any atom is -0.497 e. The van der Waals surface area contributed by atoms with E-state index < -0.39 is 18.1 Å². The lowest BCUT2D eigenvalue weighted by Gasteiger charge is -2.16. The number of methoxy groups -OCH3 is 1. The van der Waals surface area contributed by atoms with Gasteiger partial charge >= 0.3 is 18.1 Å². The van der Waals surface area contributed by atoms with E-state index >= 15 is 0 Å². The SMILES string of the molecule is C=C(C)C.C=C(C)C(=O)Oc1ccc(-c2cc(OC=C(F)F)c(-c3ccc(OC)cc3)cc2OC=C(F)F)cc1.C=O. The van der Waals surface area contributed by atoms with E-state index in [9.17, 15) is 22.4 Å². The van der Waals surface area contributed by atoms with Gasteiger partial charge in [-0.15, -0.1) is 6.58 Å². The Balaban J connectivity index is 0.00000135.